The van der Waals surface area contributed by atoms with Gasteiger partial charge in [0, 0.05) is 11.0 Å². The molecule has 2 unspecified atom stereocenters. The van der Waals surface area contributed by atoms with Crippen molar-refractivity contribution in [3.63, 3.8) is 0 Å². The van der Waals surface area contributed by atoms with Gasteiger partial charge in [-0.15, -0.1) is 0 Å². The monoisotopic (exact) mass is 211 g/mol. The third-order valence-electron chi connectivity index (χ3n) is 5.37. The summed E-state index contributed by atoms with van der Waals surface area (Å²) in [6.45, 7) is 3.53. The van der Waals surface area contributed by atoms with Crippen LogP contribution in [0.2, 0.25) is 0 Å². The van der Waals surface area contributed by atoms with Crippen LogP contribution < -0.4 is 5.73 Å². The Hall–Kier alpha value is -0.110. The van der Waals surface area contributed by atoms with Gasteiger partial charge < -0.3 is 5.73 Å². The summed E-state index contributed by atoms with van der Waals surface area (Å²) in [6.07, 6.45) is 6.73. The topological polar surface area (TPSA) is 26.0 Å². The summed E-state index contributed by atoms with van der Waals surface area (Å²) >= 11 is 0. The van der Waals surface area contributed by atoms with Crippen LogP contribution in [0.3, 0.4) is 0 Å². The predicted molar refractivity (Wildman–Crippen MR) is 59.2 cm³/mol. The first-order valence-electron chi connectivity index (χ1n) is 6.30. The molecule has 0 aromatic heterocycles. The lowest BCUT2D eigenvalue weighted by Gasteiger charge is -2.63. The molecule has 1 nitrogen and oxygen atoms in total. The lowest BCUT2D eigenvalue weighted by atomic mass is 9.44. The second kappa shape index (κ2) is 2.58. The smallest absolute Gasteiger partial charge is 0.111 e. The number of nitrogens with two attached hydrogens (primary N) is 1. The van der Waals surface area contributed by atoms with Gasteiger partial charge in [0.25, 0.3) is 0 Å². The van der Waals surface area contributed by atoms with Crippen molar-refractivity contribution in [2.45, 2.75) is 63.6 Å². The Morgan fingerprint density at radius 1 is 1.13 bits per heavy atom. The summed E-state index contributed by atoms with van der Waals surface area (Å²) in [5, 5.41) is 0. The lowest BCUT2D eigenvalue weighted by Crippen LogP contribution is -2.64. The second-order valence-electron chi connectivity index (χ2n) is 7.08. The van der Waals surface area contributed by atoms with Gasteiger partial charge in [-0.25, -0.2) is 4.39 Å². The fourth-order valence-electron chi connectivity index (χ4n) is 5.03. The highest BCUT2D eigenvalue weighted by Gasteiger charge is 2.61. The lowest BCUT2D eigenvalue weighted by molar-refractivity contribution is -0.137. The third kappa shape index (κ3) is 1.30. The number of rotatable bonds is 1. The van der Waals surface area contributed by atoms with E-state index in [2.05, 4.69) is 0 Å². The zero-order valence-electron chi connectivity index (χ0n) is 9.85. The highest BCUT2D eigenvalue weighted by Crippen LogP contribution is 2.64. The quantitative estimate of drug-likeness (QED) is 0.709. The van der Waals surface area contributed by atoms with E-state index >= 15 is 0 Å². The van der Waals surface area contributed by atoms with E-state index in [1.165, 1.54) is 6.42 Å². The molecule has 0 amide bonds. The summed E-state index contributed by atoms with van der Waals surface area (Å²) in [4.78, 5) is 0. The average molecular weight is 211 g/mol. The molecule has 4 bridgehead atoms. The van der Waals surface area contributed by atoms with Crippen molar-refractivity contribution in [2.24, 2.45) is 23.0 Å². The largest absolute Gasteiger partial charge is 0.325 e. The van der Waals surface area contributed by atoms with Crippen molar-refractivity contribution in [1.82, 2.24) is 0 Å². The molecule has 4 fully saturated rings. The van der Waals surface area contributed by atoms with E-state index in [0.717, 1.165) is 32.1 Å². The molecule has 0 heterocycles. The minimum atomic E-state index is -1.05. The molecular weight excluding hydrogens is 189 g/mol. The van der Waals surface area contributed by atoms with E-state index in [9.17, 15) is 4.39 Å². The Bertz CT molecular complexity index is 277. The molecular formula is C13H22FN. The van der Waals surface area contributed by atoms with E-state index in [-0.39, 0.29) is 11.0 Å². The van der Waals surface area contributed by atoms with Crippen LogP contribution in [-0.4, -0.2) is 11.2 Å². The van der Waals surface area contributed by atoms with Crippen LogP contribution in [0.1, 0.15) is 52.4 Å². The summed E-state index contributed by atoms with van der Waals surface area (Å²) in [5.74, 6) is 1.43. The number of hydrogen-bond acceptors (Lipinski definition) is 1. The maximum atomic E-state index is 14.4. The van der Waals surface area contributed by atoms with Gasteiger partial charge in [-0.3, -0.25) is 0 Å². The van der Waals surface area contributed by atoms with Crippen LogP contribution in [0.5, 0.6) is 0 Å². The molecule has 2 atom stereocenters. The normalized spacial score (nSPS) is 53.6. The van der Waals surface area contributed by atoms with Crippen LogP contribution in [0, 0.1) is 17.3 Å². The Kier molecular flexibility index (Phi) is 1.73. The van der Waals surface area contributed by atoms with Crippen LogP contribution in [-0.2, 0) is 0 Å². The molecule has 86 valence electrons. The van der Waals surface area contributed by atoms with E-state index < -0.39 is 5.67 Å². The standard InChI is InChI=1S/C13H22FN/c1-11(2,14)12-4-9-3-10(5-12)7-13(15,6-9)8-12/h9-10H,3-8,15H2,1-2H3. The number of alkyl halides is 1. The van der Waals surface area contributed by atoms with E-state index in [1.54, 1.807) is 13.8 Å². The summed E-state index contributed by atoms with van der Waals surface area (Å²) < 4.78 is 14.4. The molecule has 0 radical (unpaired) electrons. The zero-order chi connectivity index (χ0) is 10.9. The Morgan fingerprint density at radius 2 is 1.67 bits per heavy atom. The first-order chi connectivity index (χ1) is 6.82. The van der Waals surface area contributed by atoms with Gasteiger partial charge in [0.15, 0.2) is 0 Å². The van der Waals surface area contributed by atoms with Gasteiger partial charge in [0.1, 0.15) is 5.67 Å². The molecule has 0 saturated heterocycles. The highest BCUT2D eigenvalue weighted by molar-refractivity contribution is 5.14. The van der Waals surface area contributed by atoms with Crippen molar-refractivity contribution >= 4 is 0 Å². The van der Waals surface area contributed by atoms with Crippen LogP contribution in [0.25, 0.3) is 0 Å². The molecule has 15 heavy (non-hydrogen) atoms. The molecule has 2 heteroatoms. The van der Waals surface area contributed by atoms with Crippen molar-refractivity contribution in [3.8, 4) is 0 Å². The molecule has 4 aliphatic rings. The summed E-state index contributed by atoms with van der Waals surface area (Å²) in [5.41, 5.74) is 5.28. The van der Waals surface area contributed by atoms with Gasteiger partial charge in [-0.2, -0.15) is 0 Å². The first kappa shape index (κ1) is 10.1. The fourth-order valence-corrected chi connectivity index (χ4v) is 5.03. The molecule has 2 N–H and O–H groups in total. The SMILES string of the molecule is CC(C)(F)C12CC3CC(CC(N)(C3)C1)C2. The molecule has 4 aliphatic carbocycles. The molecule has 4 saturated carbocycles. The number of halogens is 1. The molecule has 0 aliphatic heterocycles. The average Bonchev–Trinajstić information content (AvgIpc) is 1.95. The molecule has 4 rings (SSSR count). The van der Waals surface area contributed by atoms with E-state index in [0.29, 0.717) is 11.8 Å². The van der Waals surface area contributed by atoms with Crippen molar-refractivity contribution in [3.05, 3.63) is 0 Å². The van der Waals surface area contributed by atoms with Gasteiger partial charge in [-0.05, 0) is 64.2 Å². The maximum absolute atomic E-state index is 14.4. The van der Waals surface area contributed by atoms with Crippen molar-refractivity contribution in [2.75, 3.05) is 0 Å². The van der Waals surface area contributed by atoms with Gasteiger partial charge in [0.2, 0.25) is 0 Å². The highest BCUT2D eigenvalue weighted by atomic mass is 19.1. The van der Waals surface area contributed by atoms with Crippen molar-refractivity contribution < 1.29 is 4.39 Å². The van der Waals surface area contributed by atoms with Crippen LogP contribution in [0.4, 0.5) is 4.39 Å². The predicted octanol–water partition coefficient (Wildman–Crippen LogP) is 3.03. The van der Waals surface area contributed by atoms with Crippen LogP contribution in [0.15, 0.2) is 0 Å². The van der Waals surface area contributed by atoms with Gasteiger partial charge >= 0.3 is 0 Å². The minimum absolute atomic E-state index is 0.0204. The summed E-state index contributed by atoms with van der Waals surface area (Å²) in [6, 6.07) is 0. The van der Waals surface area contributed by atoms with Crippen molar-refractivity contribution in [1.29, 1.82) is 0 Å². The Morgan fingerprint density at radius 3 is 2.07 bits per heavy atom. The minimum Gasteiger partial charge on any atom is -0.325 e. The molecule has 0 aromatic carbocycles. The number of hydrogen-bond donors (Lipinski definition) is 1. The third-order valence-corrected chi connectivity index (χ3v) is 5.37. The van der Waals surface area contributed by atoms with Crippen LogP contribution >= 0.6 is 0 Å². The second-order valence-corrected chi connectivity index (χ2v) is 7.08. The van der Waals surface area contributed by atoms with Gasteiger partial charge in [0.05, 0.1) is 0 Å². The van der Waals surface area contributed by atoms with E-state index in [4.69, 9.17) is 5.73 Å². The Balaban J connectivity index is 2.00. The first-order valence-corrected chi connectivity index (χ1v) is 6.30. The zero-order valence-corrected chi connectivity index (χ0v) is 9.85. The van der Waals surface area contributed by atoms with E-state index in [1.807, 2.05) is 0 Å². The van der Waals surface area contributed by atoms with Gasteiger partial charge in [-0.1, -0.05) is 0 Å². The Labute approximate surface area is 91.6 Å². The maximum Gasteiger partial charge on any atom is 0.111 e. The summed E-state index contributed by atoms with van der Waals surface area (Å²) in [7, 11) is 0. The molecule has 0 spiro atoms. The molecule has 0 aromatic rings. The fraction of sp³-hybridized carbons (Fsp3) is 1.00.